The van der Waals surface area contributed by atoms with Crippen molar-refractivity contribution in [3.63, 3.8) is 0 Å². The van der Waals surface area contributed by atoms with Gasteiger partial charge in [0.2, 0.25) is 0 Å². The number of aliphatic hydroxyl groups excluding tert-OH is 1. The number of aliphatic hydroxyl groups is 1. The molecule has 1 heterocycles. The number of methoxy groups -OCH3 is 4. The average molecular weight is 346 g/mol. The van der Waals surface area contributed by atoms with Crippen LogP contribution in [-0.4, -0.2) is 39.6 Å². The third kappa shape index (κ3) is 3.10. The Labute approximate surface area is 146 Å². The molecule has 134 valence electrons. The third-order valence-corrected chi connectivity index (χ3v) is 4.39. The van der Waals surface area contributed by atoms with Crippen LogP contribution in [0.1, 0.15) is 23.3 Å². The van der Waals surface area contributed by atoms with E-state index in [1.54, 1.807) is 46.6 Å². The van der Waals surface area contributed by atoms with Gasteiger partial charge in [0.1, 0.15) is 23.7 Å². The van der Waals surface area contributed by atoms with Gasteiger partial charge in [0, 0.05) is 18.7 Å². The van der Waals surface area contributed by atoms with E-state index in [0.717, 1.165) is 11.1 Å². The van der Waals surface area contributed by atoms with Gasteiger partial charge in [-0.15, -0.1) is 0 Å². The highest BCUT2D eigenvalue weighted by Gasteiger charge is 2.39. The van der Waals surface area contributed by atoms with Crippen molar-refractivity contribution in [2.24, 2.45) is 0 Å². The zero-order valence-corrected chi connectivity index (χ0v) is 14.7. The van der Waals surface area contributed by atoms with Crippen molar-refractivity contribution in [3.8, 4) is 23.0 Å². The molecular weight excluding hydrogens is 324 g/mol. The van der Waals surface area contributed by atoms with Crippen molar-refractivity contribution in [2.45, 2.75) is 18.3 Å². The van der Waals surface area contributed by atoms with E-state index in [9.17, 15) is 5.11 Å². The van der Waals surface area contributed by atoms with Gasteiger partial charge in [-0.05, 0) is 29.8 Å². The van der Waals surface area contributed by atoms with E-state index >= 15 is 0 Å². The molecule has 1 aliphatic heterocycles. The molecule has 0 saturated carbocycles. The molecule has 6 heteroatoms. The third-order valence-electron chi connectivity index (χ3n) is 4.39. The summed E-state index contributed by atoms with van der Waals surface area (Å²) in [6, 6.07) is 10.9. The average Bonchev–Trinajstić information content (AvgIpc) is 2.66. The molecule has 1 N–H and O–H groups in total. The summed E-state index contributed by atoms with van der Waals surface area (Å²) in [4.78, 5) is 0. The summed E-state index contributed by atoms with van der Waals surface area (Å²) in [5.41, 5.74) is 1.55. The van der Waals surface area contributed by atoms with Crippen LogP contribution >= 0.6 is 0 Å². The van der Waals surface area contributed by atoms with E-state index in [2.05, 4.69) is 0 Å². The number of ether oxygens (including phenoxy) is 5. The van der Waals surface area contributed by atoms with Gasteiger partial charge in [-0.2, -0.15) is 0 Å². The summed E-state index contributed by atoms with van der Waals surface area (Å²) in [5, 5.41) is 10.8. The molecule has 0 bridgehead atoms. The van der Waals surface area contributed by atoms with Crippen LogP contribution in [0.4, 0.5) is 0 Å². The predicted molar refractivity (Wildman–Crippen MR) is 91.7 cm³/mol. The van der Waals surface area contributed by atoms with Gasteiger partial charge in [0.05, 0.1) is 21.3 Å². The Balaban J connectivity index is 2.02. The molecule has 3 rings (SSSR count). The van der Waals surface area contributed by atoms with E-state index in [1.807, 2.05) is 18.2 Å². The molecular formula is C19H22O6. The summed E-state index contributed by atoms with van der Waals surface area (Å²) in [6.07, 6.45) is -1.99. The van der Waals surface area contributed by atoms with Crippen LogP contribution in [-0.2, 0) is 4.74 Å². The summed E-state index contributed by atoms with van der Waals surface area (Å²) in [5.74, 6) is 2.48. The van der Waals surface area contributed by atoms with Gasteiger partial charge in [0.25, 0.3) is 0 Å². The Hall–Kier alpha value is -2.44. The molecule has 2 aromatic rings. The lowest BCUT2D eigenvalue weighted by atomic mass is 9.92. The van der Waals surface area contributed by atoms with Crippen LogP contribution in [0.25, 0.3) is 0 Å². The standard InChI is InChI=1S/C19H22O6/c1-21-12-6-7-13-15(10-12)25-18(17(20)19(13)24-4)11-5-8-14(22-2)16(9-11)23-3/h5-10,17-20H,1-4H3/t17-,18-,19-/m1/s1. The lowest BCUT2D eigenvalue weighted by Gasteiger charge is -2.36. The minimum absolute atomic E-state index is 0.507. The summed E-state index contributed by atoms with van der Waals surface area (Å²) in [6.45, 7) is 0. The SMILES string of the molecule is COc1ccc2c(c1)O[C@H](c1ccc(OC)c(OC)c1)[C@@H](O)[C@@H]2OC. The van der Waals surface area contributed by atoms with E-state index in [-0.39, 0.29) is 0 Å². The highest BCUT2D eigenvalue weighted by molar-refractivity contribution is 5.47. The Morgan fingerprint density at radius 1 is 0.880 bits per heavy atom. The molecule has 0 amide bonds. The largest absolute Gasteiger partial charge is 0.497 e. The number of benzene rings is 2. The second-order valence-corrected chi connectivity index (χ2v) is 5.70. The van der Waals surface area contributed by atoms with E-state index in [0.29, 0.717) is 23.0 Å². The van der Waals surface area contributed by atoms with Crippen molar-refractivity contribution in [1.82, 2.24) is 0 Å². The van der Waals surface area contributed by atoms with Gasteiger partial charge in [-0.3, -0.25) is 0 Å². The number of hydrogen-bond acceptors (Lipinski definition) is 6. The molecule has 6 nitrogen and oxygen atoms in total. The van der Waals surface area contributed by atoms with E-state index < -0.39 is 18.3 Å². The first-order valence-electron chi connectivity index (χ1n) is 7.90. The molecule has 2 aromatic carbocycles. The quantitative estimate of drug-likeness (QED) is 0.898. The van der Waals surface area contributed by atoms with Gasteiger partial charge < -0.3 is 28.8 Å². The van der Waals surface area contributed by atoms with Crippen molar-refractivity contribution in [3.05, 3.63) is 47.5 Å². The Bertz CT molecular complexity index is 745. The molecule has 1 aliphatic rings. The summed E-state index contributed by atoms with van der Waals surface area (Å²) in [7, 11) is 6.31. The van der Waals surface area contributed by atoms with E-state index in [1.165, 1.54) is 0 Å². The second kappa shape index (κ2) is 7.21. The highest BCUT2D eigenvalue weighted by atomic mass is 16.5. The van der Waals surface area contributed by atoms with Crippen LogP contribution in [0.5, 0.6) is 23.0 Å². The molecule has 0 saturated heterocycles. The molecule has 0 fully saturated rings. The van der Waals surface area contributed by atoms with Crippen molar-refractivity contribution in [2.75, 3.05) is 28.4 Å². The minimum atomic E-state index is -0.871. The highest BCUT2D eigenvalue weighted by Crippen LogP contribution is 2.45. The monoisotopic (exact) mass is 346 g/mol. The van der Waals surface area contributed by atoms with Crippen LogP contribution in [0.2, 0.25) is 0 Å². The van der Waals surface area contributed by atoms with Crippen molar-refractivity contribution < 1.29 is 28.8 Å². The van der Waals surface area contributed by atoms with Gasteiger partial charge in [-0.1, -0.05) is 6.07 Å². The number of fused-ring (bicyclic) bond motifs is 1. The maximum absolute atomic E-state index is 10.8. The summed E-state index contributed by atoms with van der Waals surface area (Å²) >= 11 is 0. The fourth-order valence-corrected chi connectivity index (χ4v) is 3.09. The zero-order valence-electron chi connectivity index (χ0n) is 14.7. The molecule has 0 aliphatic carbocycles. The fraction of sp³-hybridized carbons (Fsp3) is 0.368. The van der Waals surface area contributed by atoms with Crippen molar-refractivity contribution >= 4 is 0 Å². The molecule has 0 radical (unpaired) electrons. The van der Waals surface area contributed by atoms with Crippen LogP contribution in [0.3, 0.4) is 0 Å². The first-order chi connectivity index (χ1) is 12.1. The van der Waals surface area contributed by atoms with Gasteiger partial charge in [-0.25, -0.2) is 0 Å². The summed E-state index contributed by atoms with van der Waals surface area (Å²) < 4.78 is 27.5. The van der Waals surface area contributed by atoms with Gasteiger partial charge in [0.15, 0.2) is 17.6 Å². The molecule has 3 atom stereocenters. The smallest absolute Gasteiger partial charge is 0.161 e. The maximum Gasteiger partial charge on any atom is 0.161 e. The molecule has 0 unspecified atom stereocenters. The Kier molecular flexibility index (Phi) is 5.01. The Morgan fingerprint density at radius 2 is 1.64 bits per heavy atom. The molecule has 0 aromatic heterocycles. The topological polar surface area (TPSA) is 66.4 Å². The lowest BCUT2D eigenvalue weighted by molar-refractivity contribution is -0.0870. The first-order valence-corrected chi connectivity index (χ1v) is 7.90. The van der Waals surface area contributed by atoms with Crippen LogP contribution < -0.4 is 18.9 Å². The number of rotatable bonds is 5. The van der Waals surface area contributed by atoms with Crippen LogP contribution in [0.15, 0.2) is 36.4 Å². The minimum Gasteiger partial charge on any atom is -0.497 e. The predicted octanol–water partition coefficient (Wildman–Crippen LogP) is 2.89. The Morgan fingerprint density at radius 3 is 2.28 bits per heavy atom. The van der Waals surface area contributed by atoms with Crippen molar-refractivity contribution in [1.29, 1.82) is 0 Å². The van der Waals surface area contributed by atoms with Crippen LogP contribution in [0, 0.1) is 0 Å². The lowest BCUT2D eigenvalue weighted by Crippen LogP contribution is -2.35. The normalized spacial score (nSPS) is 21.9. The fourth-order valence-electron chi connectivity index (χ4n) is 3.09. The van der Waals surface area contributed by atoms with E-state index in [4.69, 9.17) is 23.7 Å². The second-order valence-electron chi connectivity index (χ2n) is 5.70. The molecule has 0 spiro atoms. The first kappa shape index (κ1) is 17.4. The zero-order chi connectivity index (χ0) is 18.0. The van der Waals surface area contributed by atoms with Gasteiger partial charge >= 0.3 is 0 Å². The molecule has 25 heavy (non-hydrogen) atoms. The maximum atomic E-state index is 10.8. The number of hydrogen-bond donors (Lipinski definition) is 1.